The molecule has 2 N–H and O–H groups in total. The van der Waals surface area contributed by atoms with Crippen LogP contribution in [0.3, 0.4) is 0 Å². The largest absolute Gasteiger partial charge is 0.492 e. The first kappa shape index (κ1) is 14.4. The smallest absolute Gasteiger partial charge is 0.120 e. The van der Waals surface area contributed by atoms with Crippen molar-refractivity contribution >= 4 is 10.8 Å². The van der Waals surface area contributed by atoms with Crippen molar-refractivity contribution < 1.29 is 4.74 Å². The van der Waals surface area contributed by atoms with Gasteiger partial charge in [-0.25, -0.2) is 0 Å². The van der Waals surface area contributed by atoms with Crippen molar-refractivity contribution in [1.82, 2.24) is 4.90 Å². The van der Waals surface area contributed by atoms with Crippen molar-refractivity contribution in [3.63, 3.8) is 0 Å². The number of fused-ring (bicyclic) bond motifs is 1. The van der Waals surface area contributed by atoms with E-state index in [0.717, 1.165) is 38.3 Å². The van der Waals surface area contributed by atoms with E-state index in [1.165, 1.54) is 10.8 Å². The standard InChI is InChI=1S/C18H24N2O/c1-14-12-17(19)8-9-20(14)10-11-21-18-7-6-15-4-2-3-5-16(15)13-18/h2-7,13-14,17H,8-12,19H2,1H3. The Balaban J connectivity index is 1.54. The first-order valence-electron chi connectivity index (χ1n) is 7.83. The molecule has 2 aromatic carbocycles. The molecule has 2 unspecified atom stereocenters. The molecule has 1 saturated heterocycles. The zero-order chi connectivity index (χ0) is 14.7. The summed E-state index contributed by atoms with van der Waals surface area (Å²) in [5.41, 5.74) is 6.00. The zero-order valence-electron chi connectivity index (χ0n) is 12.7. The Hall–Kier alpha value is -1.58. The molecule has 3 rings (SSSR count). The van der Waals surface area contributed by atoms with Gasteiger partial charge in [-0.3, -0.25) is 4.90 Å². The molecule has 2 atom stereocenters. The van der Waals surface area contributed by atoms with Crippen LogP contribution in [-0.2, 0) is 0 Å². The van der Waals surface area contributed by atoms with Gasteiger partial charge in [-0.2, -0.15) is 0 Å². The van der Waals surface area contributed by atoms with Crippen LogP contribution in [0.25, 0.3) is 10.8 Å². The minimum absolute atomic E-state index is 0.373. The van der Waals surface area contributed by atoms with E-state index in [2.05, 4.69) is 54.3 Å². The summed E-state index contributed by atoms with van der Waals surface area (Å²) in [5, 5.41) is 2.48. The highest BCUT2D eigenvalue weighted by Gasteiger charge is 2.22. The van der Waals surface area contributed by atoms with E-state index in [0.29, 0.717) is 12.1 Å². The fraction of sp³-hybridized carbons (Fsp3) is 0.444. The molecule has 1 heterocycles. The molecular formula is C18H24N2O. The lowest BCUT2D eigenvalue weighted by molar-refractivity contribution is 0.123. The van der Waals surface area contributed by atoms with Gasteiger partial charge in [0.15, 0.2) is 0 Å². The third kappa shape index (κ3) is 3.55. The minimum atomic E-state index is 0.373. The normalized spacial score (nSPS) is 23.3. The topological polar surface area (TPSA) is 38.5 Å². The summed E-state index contributed by atoms with van der Waals surface area (Å²) in [6.45, 7) is 5.05. The minimum Gasteiger partial charge on any atom is -0.492 e. The van der Waals surface area contributed by atoms with Gasteiger partial charge in [0.1, 0.15) is 12.4 Å². The van der Waals surface area contributed by atoms with Crippen LogP contribution < -0.4 is 10.5 Å². The number of hydrogen-bond donors (Lipinski definition) is 1. The molecule has 112 valence electrons. The van der Waals surface area contributed by atoms with Gasteiger partial charge in [0.25, 0.3) is 0 Å². The van der Waals surface area contributed by atoms with Gasteiger partial charge in [-0.1, -0.05) is 30.3 Å². The molecule has 2 aromatic rings. The van der Waals surface area contributed by atoms with Crippen LogP contribution in [-0.4, -0.2) is 36.7 Å². The van der Waals surface area contributed by atoms with Crippen molar-refractivity contribution in [2.75, 3.05) is 19.7 Å². The first-order valence-corrected chi connectivity index (χ1v) is 7.83. The average molecular weight is 284 g/mol. The predicted octanol–water partition coefficient (Wildman–Crippen LogP) is 3.03. The molecule has 3 heteroatoms. The lowest BCUT2D eigenvalue weighted by Crippen LogP contribution is -2.46. The third-order valence-corrected chi connectivity index (χ3v) is 4.42. The Morgan fingerprint density at radius 3 is 2.81 bits per heavy atom. The van der Waals surface area contributed by atoms with Crippen molar-refractivity contribution in [1.29, 1.82) is 0 Å². The van der Waals surface area contributed by atoms with E-state index in [9.17, 15) is 0 Å². The van der Waals surface area contributed by atoms with Crippen LogP contribution in [0.1, 0.15) is 19.8 Å². The number of hydrogen-bond acceptors (Lipinski definition) is 3. The molecule has 0 aliphatic carbocycles. The Labute approximate surface area is 126 Å². The van der Waals surface area contributed by atoms with E-state index in [1.54, 1.807) is 0 Å². The second-order valence-corrected chi connectivity index (χ2v) is 6.03. The molecule has 1 aliphatic heterocycles. The SMILES string of the molecule is CC1CC(N)CCN1CCOc1ccc2ccccc2c1. The van der Waals surface area contributed by atoms with E-state index >= 15 is 0 Å². The van der Waals surface area contributed by atoms with Crippen molar-refractivity contribution in [2.45, 2.75) is 31.8 Å². The van der Waals surface area contributed by atoms with E-state index in [4.69, 9.17) is 10.5 Å². The van der Waals surface area contributed by atoms with Crippen molar-refractivity contribution in [2.24, 2.45) is 5.73 Å². The van der Waals surface area contributed by atoms with Crippen LogP contribution in [0, 0.1) is 0 Å². The maximum Gasteiger partial charge on any atom is 0.120 e. The van der Waals surface area contributed by atoms with Gasteiger partial charge in [0, 0.05) is 25.2 Å². The van der Waals surface area contributed by atoms with Crippen LogP contribution in [0.2, 0.25) is 0 Å². The molecule has 1 fully saturated rings. The highest BCUT2D eigenvalue weighted by molar-refractivity contribution is 5.83. The Bertz CT molecular complexity index is 599. The van der Waals surface area contributed by atoms with E-state index in [-0.39, 0.29) is 0 Å². The maximum absolute atomic E-state index is 6.00. The van der Waals surface area contributed by atoms with Gasteiger partial charge in [-0.15, -0.1) is 0 Å². The number of benzene rings is 2. The molecule has 0 bridgehead atoms. The van der Waals surface area contributed by atoms with Gasteiger partial charge in [-0.05, 0) is 42.7 Å². The van der Waals surface area contributed by atoms with E-state index < -0.39 is 0 Å². The fourth-order valence-electron chi connectivity index (χ4n) is 3.13. The summed E-state index contributed by atoms with van der Waals surface area (Å²) in [7, 11) is 0. The quantitative estimate of drug-likeness (QED) is 0.938. The summed E-state index contributed by atoms with van der Waals surface area (Å²) < 4.78 is 5.92. The second-order valence-electron chi connectivity index (χ2n) is 6.03. The summed E-state index contributed by atoms with van der Waals surface area (Å²) in [6, 6.07) is 15.6. The van der Waals surface area contributed by atoms with Gasteiger partial charge >= 0.3 is 0 Å². The monoisotopic (exact) mass is 284 g/mol. The van der Waals surface area contributed by atoms with Gasteiger partial charge in [0.2, 0.25) is 0 Å². The lowest BCUT2D eigenvalue weighted by Gasteiger charge is -2.36. The van der Waals surface area contributed by atoms with Crippen LogP contribution in [0.5, 0.6) is 5.75 Å². The molecule has 1 aliphatic rings. The molecule has 3 nitrogen and oxygen atoms in total. The summed E-state index contributed by atoms with van der Waals surface area (Å²) >= 11 is 0. The molecule has 0 spiro atoms. The summed E-state index contributed by atoms with van der Waals surface area (Å²) in [4.78, 5) is 2.48. The maximum atomic E-state index is 6.00. The molecule has 0 radical (unpaired) electrons. The highest BCUT2D eigenvalue weighted by atomic mass is 16.5. The molecule has 21 heavy (non-hydrogen) atoms. The van der Waals surface area contributed by atoms with E-state index in [1.807, 2.05) is 0 Å². The van der Waals surface area contributed by atoms with Crippen molar-refractivity contribution in [3.05, 3.63) is 42.5 Å². The van der Waals surface area contributed by atoms with Gasteiger partial charge in [0.05, 0.1) is 0 Å². The lowest BCUT2D eigenvalue weighted by atomic mass is 9.99. The van der Waals surface area contributed by atoms with Gasteiger partial charge < -0.3 is 10.5 Å². The third-order valence-electron chi connectivity index (χ3n) is 4.42. The molecular weight excluding hydrogens is 260 g/mol. The summed E-state index contributed by atoms with van der Waals surface area (Å²) in [6.07, 6.45) is 2.19. The predicted molar refractivity (Wildman–Crippen MR) is 87.7 cm³/mol. The van der Waals surface area contributed by atoms with Crippen LogP contribution in [0.15, 0.2) is 42.5 Å². The number of ether oxygens (including phenoxy) is 1. The average Bonchev–Trinajstić information content (AvgIpc) is 2.49. The second kappa shape index (κ2) is 6.46. The van der Waals surface area contributed by atoms with Crippen LogP contribution in [0.4, 0.5) is 0 Å². The van der Waals surface area contributed by atoms with Crippen molar-refractivity contribution in [3.8, 4) is 5.75 Å². The molecule has 0 saturated carbocycles. The molecule has 0 amide bonds. The Kier molecular flexibility index (Phi) is 4.42. The number of likely N-dealkylation sites (tertiary alicyclic amines) is 1. The van der Waals surface area contributed by atoms with Crippen LogP contribution >= 0.6 is 0 Å². The number of rotatable bonds is 4. The number of nitrogens with two attached hydrogens (primary N) is 1. The molecule has 0 aromatic heterocycles. The zero-order valence-corrected chi connectivity index (χ0v) is 12.7. The highest BCUT2D eigenvalue weighted by Crippen LogP contribution is 2.21. The first-order chi connectivity index (χ1) is 10.2. The fourth-order valence-corrected chi connectivity index (χ4v) is 3.13. The number of nitrogens with zero attached hydrogens (tertiary/aromatic N) is 1. The Morgan fingerprint density at radius 1 is 1.19 bits per heavy atom. The number of piperidine rings is 1. The Morgan fingerprint density at radius 2 is 2.00 bits per heavy atom. The summed E-state index contributed by atoms with van der Waals surface area (Å²) in [5.74, 6) is 0.954.